The molecule has 0 radical (unpaired) electrons. The number of thioether (sulfide) groups is 1. The first-order valence-electron chi connectivity index (χ1n) is 9.76. The van der Waals surface area contributed by atoms with E-state index in [1.807, 2.05) is 6.92 Å². The maximum Gasteiger partial charge on any atom is 0.242 e. The topological polar surface area (TPSA) is 49.4 Å². The Morgan fingerprint density at radius 2 is 1.48 bits per heavy atom. The Morgan fingerprint density at radius 3 is 2.00 bits per heavy atom. The van der Waals surface area contributed by atoms with Gasteiger partial charge < -0.3 is 10.2 Å². The monoisotopic (exact) mass is 520 g/mol. The summed E-state index contributed by atoms with van der Waals surface area (Å²) in [6.07, 6.45) is 0.803. The molecule has 0 spiro atoms. The molecule has 0 heterocycles. The maximum atomic E-state index is 13.1. The van der Waals surface area contributed by atoms with Gasteiger partial charge in [0.15, 0.2) is 0 Å². The fraction of sp³-hybridized carbons (Fsp3) is 0.364. The minimum Gasteiger partial charge on any atom is -0.354 e. The molecule has 0 saturated carbocycles. The second kappa shape index (κ2) is 12.8. The van der Waals surface area contributed by atoms with Crippen LogP contribution in [-0.4, -0.2) is 35.1 Å². The second-order valence-corrected chi connectivity index (χ2v) is 9.50. The van der Waals surface area contributed by atoms with Gasteiger partial charge >= 0.3 is 0 Å². The Bertz CT molecular complexity index is 886. The van der Waals surface area contributed by atoms with Gasteiger partial charge in [0.05, 0.1) is 5.75 Å². The number of nitrogens with zero attached hydrogens (tertiary/aromatic N) is 1. The molecule has 2 amide bonds. The number of nitrogens with one attached hydrogen (secondary N) is 1. The number of hydrogen-bond acceptors (Lipinski definition) is 3. The van der Waals surface area contributed by atoms with Crippen LogP contribution in [0.5, 0.6) is 0 Å². The zero-order valence-corrected chi connectivity index (χ0v) is 21.1. The Hall–Kier alpha value is -1.11. The highest BCUT2D eigenvalue weighted by atomic mass is 35.5. The van der Waals surface area contributed by atoms with Gasteiger partial charge in [-0.1, -0.05) is 65.5 Å². The summed E-state index contributed by atoms with van der Waals surface area (Å²) in [7, 11) is 0. The number of carbonyl (C=O) groups is 2. The van der Waals surface area contributed by atoms with Gasteiger partial charge in [0.1, 0.15) is 6.04 Å². The molecule has 0 aliphatic carbocycles. The number of amides is 2. The highest BCUT2D eigenvalue weighted by Gasteiger charge is 2.27. The zero-order chi connectivity index (χ0) is 23.0. The van der Waals surface area contributed by atoms with E-state index in [0.717, 1.165) is 12.0 Å². The molecule has 0 aliphatic heterocycles. The first-order valence-corrected chi connectivity index (χ1v) is 12.4. The molecular weight excluding hydrogens is 498 g/mol. The lowest BCUT2D eigenvalue weighted by Gasteiger charge is -2.29. The molecule has 2 rings (SSSR count). The number of benzene rings is 2. The summed E-state index contributed by atoms with van der Waals surface area (Å²) >= 11 is 26.4. The van der Waals surface area contributed by atoms with Crippen molar-refractivity contribution in [2.24, 2.45) is 0 Å². The predicted molar refractivity (Wildman–Crippen MR) is 132 cm³/mol. The van der Waals surface area contributed by atoms with Crippen molar-refractivity contribution in [1.29, 1.82) is 0 Å². The third kappa shape index (κ3) is 7.47. The van der Waals surface area contributed by atoms with Crippen molar-refractivity contribution in [2.75, 3.05) is 12.3 Å². The smallest absolute Gasteiger partial charge is 0.242 e. The largest absolute Gasteiger partial charge is 0.354 e. The van der Waals surface area contributed by atoms with Gasteiger partial charge in [-0.3, -0.25) is 9.59 Å². The summed E-state index contributed by atoms with van der Waals surface area (Å²) in [6, 6.07) is 9.77. The molecule has 0 fully saturated rings. The molecule has 0 saturated heterocycles. The first-order chi connectivity index (χ1) is 14.8. The van der Waals surface area contributed by atoms with Crippen LogP contribution in [0.3, 0.4) is 0 Å². The van der Waals surface area contributed by atoms with Crippen LogP contribution < -0.4 is 5.32 Å². The van der Waals surface area contributed by atoms with Crippen LogP contribution in [0, 0.1) is 0 Å². The van der Waals surface area contributed by atoms with Crippen molar-refractivity contribution in [2.45, 2.75) is 38.6 Å². The maximum absolute atomic E-state index is 13.1. The molecule has 1 atom stereocenters. The fourth-order valence-corrected chi connectivity index (χ4v) is 4.99. The molecule has 0 aliphatic rings. The molecule has 31 heavy (non-hydrogen) atoms. The van der Waals surface area contributed by atoms with Gasteiger partial charge in [0.25, 0.3) is 0 Å². The van der Waals surface area contributed by atoms with Gasteiger partial charge in [0.2, 0.25) is 11.8 Å². The molecule has 0 bridgehead atoms. The molecular formula is C22H24Cl4N2O2S. The number of carbonyl (C=O) groups excluding carboxylic acids is 2. The highest BCUT2D eigenvalue weighted by molar-refractivity contribution is 7.99. The van der Waals surface area contributed by atoms with Crippen LogP contribution in [0.4, 0.5) is 0 Å². The standard InChI is InChI=1S/C22H24Cl4N2O2S/c1-3-10-27-22(30)14(2)28(11-15-17(23)6-4-7-18(15)24)21(29)13-31-12-16-19(25)8-5-9-20(16)26/h4-9,14H,3,10-13H2,1-2H3,(H,27,30). The van der Waals surface area contributed by atoms with Gasteiger partial charge in [-0.2, -0.15) is 0 Å². The molecule has 9 heteroatoms. The van der Waals surface area contributed by atoms with Crippen LogP contribution in [0.15, 0.2) is 36.4 Å². The predicted octanol–water partition coefficient (Wildman–Crippen LogP) is 6.48. The molecule has 2 aromatic carbocycles. The minimum atomic E-state index is -0.684. The lowest BCUT2D eigenvalue weighted by Crippen LogP contribution is -2.48. The van der Waals surface area contributed by atoms with E-state index < -0.39 is 6.04 Å². The first kappa shape index (κ1) is 26.1. The lowest BCUT2D eigenvalue weighted by molar-refractivity contribution is -0.138. The van der Waals surface area contributed by atoms with E-state index in [1.54, 1.807) is 43.3 Å². The van der Waals surface area contributed by atoms with E-state index in [-0.39, 0.29) is 24.1 Å². The summed E-state index contributed by atoms with van der Waals surface area (Å²) in [5.41, 5.74) is 1.38. The summed E-state index contributed by atoms with van der Waals surface area (Å²) in [4.78, 5) is 27.2. The van der Waals surface area contributed by atoms with Crippen molar-refractivity contribution in [1.82, 2.24) is 10.2 Å². The van der Waals surface area contributed by atoms with Gasteiger partial charge in [-0.05, 0) is 43.2 Å². The van der Waals surface area contributed by atoms with E-state index in [1.165, 1.54) is 16.7 Å². The Labute approximate surface area is 207 Å². The molecule has 2 aromatic rings. The molecule has 4 nitrogen and oxygen atoms in total. The fourth-order valence-electron chi connectivity index (χ4n) is 2.83. The highest BCUT2D eigenvalue weighted by Crippen LogP contribution is 2.29. The zero-order valence-electron chi connectivity index (χ0n) is 17.3. The number of hydrogen-bond donors (Lipinski definition) is 1. The van der Waals surface area contributed by atoms with Crippen molar-refractivity contribution >= 4 is 70.0 Å². The van der Waals surface area contributed by atoms with E-state index >= 15 is 0 Å². The van der Waals surface area contributed by atoms with Gasteiger partial charge in [0, 0.05) is 44.5 Å². The third-order valence-corrected chi connectivity index (χ3v) is 7.00. The molecule has 0 aromatic heterocycles. The second-order valence-electron chi connectivity index (χ2n) is 6.88. The average Bonchev–Trinajstić information content (AvgIpc) is 2.73. The van der Waals surface area contributed by atoms with Crippen molar-refractivity contribution < 1.29 is 9.59 Å². The number of rotatable bonds is 10. The summed E-state index contributed by atoms with van der Waals surface area (Å²) in [5, 5.41) is 4.84. The summed E-state index contributed by atoms with van der Waals surface area (Å²) in [6.45, 7) is 4.33. The molecule has 1 unspecified atom stereocenters. The van der Waals surface area contributed by atoms with Gasteiger partial charge in [-0.25, -0.2) is 0 Å². The van der Waals surface area contributed by atoms with E-state index in [4.69, 9.17) is 46.4 Å². The van der Waals surface area contributed by atoms with E-state index in [0.29, 0.717) is 38.0 Å². The van der Waals surface area contributed by atoms with E-state index in [2.05, 4.69) is 5.32 Å². The third-order valence-electron chi connectivity index (χ3n) is 4.64. The van der Waals surface area contributed by atoms with Crippen LogP contribution in [-0.2, 0) is 21.9 Å². The van der Waals surface area contributed by atoms with Crippen molar-refractivity contribution in [3.8, 4) is 0 Å². The quantitative estimate of drug-likeness (QED) is 0.389. The van der Waals surface area contributed by atoms with Crippen LogP contribution in [0.2, 0.25) is 20.1 Å². The Morgan fingerprint density at radius 1 is 0.968 bits per heavy atom. The summed E-state index contributed by atoms with van der Waals surface area (Å²) < 4.78 is 0. The SMILES string of the molecule is CCCNC(=O)C(C)N(Cc1c(Cl)cccc1Cl)C(=O)CSCc1c(Cl)cccc1Cl. The Balaban J connectivity index is 2.16. The van der Waals surface area contributed by atoms with Crippen molar-refractivity contribution in [3.05, 3.63) is 67.6 Å². The average molecular weight is 522 g/mol. The van der Waals surface area contributed by atoms with Crippen LogP contribution >= 0.6 is 58.2 Å². The molecule has 168 valence electrons. The van der Waals surface area contributed by atoms with Crippen LogP contribution in [0.25, 0.3) is 0 Å². The van der Waals surface area contributed by atoms with Gasteiger partial charge in [-0.15, -0.1) is 11.8 Å². The van der Waals surface area contributed by atoms with Crippen molar-refractivity contribution in [3.63, 3.8) is 0 Å². The Kier molecular flexibility index (Phi) is 10.8. The number of halogens is 4. The molecule has 1 N–H and O–H groups in total. The lowest BCUT2D eigenvalue weighted by atomic mass is 10.1. The summed E-state index contributed by atoms with van der Waals surface area (Å²) in [5.74, 6) is 0.192. The van der Waals surface area contributed by atoms with Crippen LogP contribution in [0.1, 0.15) is 31.4 Å². The van der Waals surface area contributed by atoms with E-state index in [9.17, 15) is 9.59 Å². The minimum absolute atomic E-state index is 0.130. The normalized spacial score (nSPS) is 11.8.